The van der Waals surface area contributed by atoms with Crippen LogP contribution in [0.2, 0.25) is 0 Å². The van der Waals surface area contributed by atoms with Crippen molar-refractivity contribution < 1.29 is 4.79 Å². The number of rotatable bonds is 2. The molecule has 0 aromatic rings. The molecule has 2 fully saturated rings. The molecule has 2 heterocycles. The molecule has 0 radical (unpaired) electrons. The van der Waals surface area contributed by atoms with Gasteiger partial charge in [0, 0.05) is 19.0 Å². The first-order chi connectivity index (χ1) is 8.66. The maximum Gasteiger partial charge on any atom is 0.223 e. The van der Waals surface area contributed by atoms with Gasteiger partial charge in [0.15, 0.2) is 0 Å². The zero-order valence-electron chi connectivity index (χ0n) is 12.0. The minimum absolute atomic E-state index is 0.406. The third-order valence-electron chi connectivity index (χ3n) is 4.60. The Bertz CT molecular complexity index is 274. The van der Waals surface area contributed by atoms with Crippen LogP contribution in [0.15, 0.2) is 0 Å². The fourth-order valence-corrected chi connectivity index (χ4v) is 3.32. The summed E-state index contributed by atoms with van der Waals surface area (Å²) in [6, 6.07) is 0.448. The summed E-state index contributed by atoms with van der Waals surface area (Å²) in [6.45, 7) is 7.65. The van der Waals surface area contributed by atoms with E-state index in [1.807, 2.05) is 0 Å². The molecule has 1 N–H and O–H groups in total. The SMILES string of the molecule is CC1CCCC(C)N(C(=O)CC2CCNCC2)C1. The maximum absolute atomic E-state index is 12.5. The largest absolute Gasteiger partial charge is 0.340 e. The topological polar surface area (TPSA) is 32.3 Å². The van der Waals surface area contributed by atoms with E-state index in [-0.39, 0.29) is 0 Å². The number of carbonyl (C=O) groups is 1. The van der Waals surface area contributed by atoms with Crippen molar-refractivity contribution >= 4 is 5.91 Å². The molecule has 0 aromatic heterocycles. The minimum Gasteiger partial charge on any atom is -0.340 e. The second-order valence-corrected chi connectivity index (χ2v) is 6.33. The highest BCUT2D eigenvalue weighted by atomic mass is 16.2. The molecule has 2 atom stereocenters. The van der Waals surface area contributed by atoms with Gasteiger partial charge in [0.2, 0.25) is 5.91 Å². The van der Waals surface area contributed by atoms with E-state index >= 15 is 0 Å². The van der Waals surface area contributed by atoms with E-state index < -0.39 is 0 Å². The number of hydrogen-bond donors (Lipinski definition) is 1. The zero-order valence-corrected chi connectivity index (χ0v) is 12.0. The van der Waals surface area contributed by atoms with Crippen molar-refractivity contribution in [3.63, 3.8) is 0 Å². The van der Waals surface area contributed by atoms with Crippen LogP contribution in [0, 0.1) is 11.8 Å². The molecule has 2 unspecified atom stereocenters. The van der Waals surface area contributed by atoms with Crippen molar-refractivity contribution in [2.75, 3.05) is 19.6 Å². The highest BCUT2D eigenvalue weighted by Gasteiger charge is 2.27. The average molecular weight is 252 g/mol. The predicted octanol–water partition coefficient (Wildman–Crippen LogP) is 2.41. The second kappa shape index (κ2) is 6.55. The van der Waals surface area contributed by atoms with Gasteiger partial charge in [0.25, 0.3) is 0 Å². The molecule has 2 rings (SSSR count). The number of amides is 1. The lowest BCUT2D eigenvalue weighted by Gasteiger charge is -2.31. The van der Waals surface area contributed by atoms with Gasteiger partial charge in [-0.2, -0.15) is 0 Å². The quantitative estimate of drug-likeness (QED) is 0.818. The van der Waals surface area contributed by atoms with Crippen molar-refractivity contribution in [1.82, 2.24) is 10.2 Å². The minimum atomic E-state index is 0.406. The Hall–Kier alpha value is -0.570. The van der Waals surface area contributed by atoms with E-state index in [1.54, 1.807) is 0 Å². The number of piperidine rings is 1. The van der Waals surface area contributed by atoms with Crippen molar-refractivity contribution in [2.24, 2.45) is 11.8 Å². The molecule has 18 heavy (non-hydrogen) atoms. The van der Waals surface area contributed by atoms with Crippen molar-refractivity contribution in [3.05, 3.63) is 0 Å². The third-order valence-corrected chi connectivity index (χ3v) is 4.60. The fraction of sp³-hybridized carbons (Fsp3) is 0.933. The van der Waals surface area contributed by atoms with Crippen LogP contribution < -0.4 is 5.32 Å². The first-order valence-electron chi connectivity index (χ1n) is 7.67. The number of nitrogens with zero attached hydrogens (tertiary/aromatic N) is 1. The highest BCUT2D eigenvalue weighted by Crippen LogP contribution is 2.24. The highest BCUT2D eigenvalue weighted by molar-refractivity contribution is 5.76. The van der Waals surface area contributed by atoms with Gasteiger partial charge in [-0.25, -0.2) is 0 Å². The Kier molecular flexibility index (Phi) is 5.04. The van der Waals surface area contributed by atoms with Crippen LogP contribution in [0.25, 0.3) is 0 Å². The molecular formula is C15H28N2O. The summed E-state index contributed by atoms with van der Waals surface area (Å²) in [6.07, 6.45) is 6.86. The van der Waals surface area contributed by atoms with Gasteiger partial charge in [-0.15, -0.1) is 0 Å². The Labute approximate surface area is 111 Å². The fourth-order valence-electron chi connectivity index (χ4n) is 3.32. The Morgan fingerprint density at radius 3 is 2.61 bits per heavy atom. The predicted molar refractivity (Wildman–Crippen MR) is 74.4 cm³/mol. The molecule has 1 amide bonds. The summed E-state index contributed by atoms with van der Waals surface area (Å²) in [5, 5.41) is 3.37. The van der Waals surface area contributed by atoms with Gasteiger partial charge in [-0.05, 0) is 57.5 Å². The summed E-state index contributed by atoms with van der Waals surface area (Å²) in [5.74, 6) is 1.69. The monoisotopic (exact) mass is 252 g/mol. The number of hydrogen-bond acceptors (Lipinski definition) is 2. The summed E-state index contributed by atoms with van der Waals surface area (Å²) in [4.78, 5) is 14.6. The van der Waals surface area contributed by atoms with Gasteiger partial charge in [0.1, 0.15) is 0 Å². The molecule has 0 bridgehead atoms. The summed E-state index contributed by atoms with van der Waals surface area (Å²) in [7, 11) is 0. The molecule has 2 aliphatic rings. The number of nitrogens with one attached hydrogen (secondary N) is 1. The lowest BCUT2D eigenvalue weighted by molar-refractivity contribution is -0.134. The molecule has 3 nitrogen and oxygen atoms in total. The van der Waals surface area contributed by atoms with Crippen LogP contribution >= 0.6 is 0 Å². The standard InChI is InChI=1S/C15H28N2O/c1-12-4-3-5-13(2)17(11-12)15(18)10-14-6-8-16-9-7-14/h12-14,16H,3-11H2,1-2H3. The van der Waals surface area contributed by atoms with Crippen LogP contribution in [0.3, 0.4) is 0 Å². The van der Waals surface area contributed by atoms with Crippen LogP contribution in [0.5, 0.6) is 0 Å². The summed E-state index contributed by atoms with van der Waals surface area (Å²) in [5.41, 5.74) is 0. The Balaban J connectivity index is 1.88. The normalized spacial score (nSPS) is 31.1. The summed E-state index contributed by atoms with van der Waals surface area (Å²) >= 11 is 0. The van der Waals surface area contributed by atoms with E-state index in [1.165, 1.54) is 32.1 Å². The van der Waals surface area contributed by atoms with Crippen molar-refractivity contribution in [1.29, 1.82) is 0 Å². The van der Waals surface area contributed by atoms with Gasteiger partial charge < -0.3 is 10.2 Å². The molecule has 104 valence electrons. The number of likely N-dealkylation sites (tertiary alicyclic amines) is 1. The van der Waals surface area contributed by atoms with E-state index in [9.17, 15) is 4.79 Å². The average Bonchev–Trinajstić information content (AvgIpc) is 2.52. The van der Waals surface area contributed by atoms with Gasteiger partial charge in [-0.1, -0.05) is 13.3 Å². The van der Waals surface area contributed by atoms with Crippen LogP contribution in [-0.4, -0.2) is 36.5 Å². The lowest BCUT2D eigenvalue weighted by Crippen LogP contribution is -2.41. The zero-order chi connectivity index (χ0) is 13.0. The molecule has 0 aliphatic carbocycles. The first kappa shape index (κ1) is 13.9. The van der Waals surface area contributed by atoms with E-state index in [0.29, 0.717) is 23.8 Å². The molecule has 0 spiro atoms. The number of carbonyl (C=O) groups excluding carboxylic acids is 1. The van der Waals surface area contributed by atoms with Crippen LogP contribution in [-0.2, 0) is 4.79 Å². The Morgan fingerprint density at radius 2 is 1.89 bits per heavy atom. The van der Waals surface area contributed by atoms with Crippen LogP contribution in [0.4, 0.5) is 0 Å². The molecular weight excluding hydrogens is 224 g/mol. The smallest absolute Gasteiger partial charge is 0.223 e. The first-order valence-corrected chi connectivity index (χ1v) is 7.67. The van der Waals surface area contributed by atoms with Crippen LogP contribution in [0.1, 0.15) is 52.4 Å². The summed E-state index contributed by atoms with van der Waals surface area (Å²) < 4.78 is 0. The van der Waals surface area contributed by atoms with E-state index in [0.717, 1.165) is 26.1 Å². The van der Waals surface area contributed by atoms with Crippen molar-refractivity contribution in [2.45, 2.75) is 58.4 Å². The third kappa shape index (κ3) is 3.71. The van der Waals surface area contributed by atoms with Crippen molar-refractivity contribution in [3.8, 4) is 0 Å². The maximum atomic E-state index is 12.5. The second-order valence-electron chi connectivity index (χ2n) is 6.33. The molecule has 0 aromatic carbocycles. The van der Waals surface area contributed by atoms with Gasteiger partial charge >= 0.3 is 0 Å². The molecule has 2 saturated heterocycles. The lowest BCUT2D eigenvalue weighted by atomic mass is 9.93. The van der Waals surface area contributed by atoms with Gasteiger partial charge in [0.05, 0.1) is 0 Å². The molecule has 0 saturated carbocycles. The molecule has 2 aliphatic heterocycles. The Morgan fingerprint density at radius 1 is 1.17 bits per heavy atom. The molecule has 3 heteroatoms. The van der Waals surface area contributed by atoms with Gasteiger partial charge in [-0.3, -0.25) is 4.79 Å². The van der Waals surface area contributed by atoms with E-state index in [4.69, 9.17) is 0 Å². The van der Waals surface area contributed by atoms with E-state index in [2.05, 4.69) is 24.1 Å².